The topological polar surface area (TPSA) is 93.1 Å². The molecule has 2 aliphatic rings. The van der Waals surface area contributed by atoms with E-state index in [0.717, 1.165) is 6.42 Å². The lowest BCUT2D eigenvalue weighted by atomic mass is 9.98. The number of aromatic nitrogens is 1. The van der Waals surface area contributed by atoms with E-state index in [-0.39, 0.29) is 24.1 Å². The molecule has 3 rings (SSSR count). The van der Waals surface area contributed by atoms with E-state index in [1.807, 2.05) is 39.0 Å². The van der Waals surface area contributed by atoms with Crippen molar-refractivity contribution in [2.75, 3.05) is 13.1 Å². The maximum atomic E-state index is 13.1. The molecular formula is C23H34N4O4. The van der Waals surface area contributed by atoms with Crippen LogP contribution in [0.2, 0.25) is 0 Å². The first-order valence-corrected chi connectivity index (χ1v) is 11.1. The van der Waals surface area contributed by atoms with E-state index in [4.69, 9.17) is 9.47 Å². The molecule has 0 spiro atoms. The Morgan fingerprint density at radius 1 is 1.26 bits per heavy atom. The van der Waals surface area contributed by atoms with Crippen molar-refractivity contribution in [2.45, 2.75) is 77.7 Å². The molecule has 8 nitrogen and oxygen atoms in total. The summed E-state index contributed by atoms with van der Waals surface area (Å²) in [4.78, 5) is 36.0. The molecule has 8 heteroatoms. The Bertz CT molecular complexity index is 796. The second kappa shape index (κ2) is 9.66. The lowest BCUT2D eigenvalue weighted by molar-refractivity contribution is -0.129. The van der Waals surface area contributed by atoms with E-state index in [9.17, 15) is 9.59 Å². The van der Waals surface area contributed by atoms with Gasteiger partial charge in [0.25, 0.3) is 5.91 Å². The maximum Gasteiger partial charge on any atom is 0.410 e. The summed E-state index contributed by atoms with van der Waals surface area (Å²) < 4.78 is 11.4. The average molecular weight is 431 g/mol. The first kappa shape index (κ1) is 23.0. The molecule has 2 amide bonds. The molecule has 31 heavy (non-hydrogen) atoms. The Morgan fingerprint density at radius 2 is 1.97 bits per heavy atom. The van der Waals surface area contributed by atoms with Gasteiger partial charge in [-0.3, -0.25) is 9.78 Å². The van der Waals surface area contributed by atoms with Gasteiger partial charge in [-0.05, 0) is 58.1 Å². The number of piperidine rings is 1. The van der Waals surface area contributed by atoms with Crippen molar-refractivity contribution >= 4 is 17.9 Å². The number of carbonyl (C=O) groups excluding carboxylic acids is 2. The van der Waals surface area contributed by atoms with Gasteiger partial charge in [0.15, 0.2) is 0 Å². The summed E-state index contributed by atoms with van der Waals surface area (Å²) in [7, 11) is 0. The monoisotopic (exact) mass is 430 g/mol. The summed E-state index contributed by atoms with van der Waals surface area (Å²) in [6.07, 6.45) is 2.84. The molecule has 1 saturated heterocycles. The predicted molar refractivity (Wildman–Crippen MR) is 118 cm³/mol. The molecule has 3 heterocycles. The van der Waals surface area contributed by atoms with Gasteiger partial charge in [0.2, 0.25) is 12.0 Å². The van der Waals surface area contributed by atoms with Crippen molar-refractivity contribution in [3.05, 3.63) is 30.1 Å². The lowest BCUT2D eigenvalue weighted by Gasteiger charge is -2.34. The summed E-state index contributed by atoms with van der Waals surface area (Å²) in [5.74, 6) is 0.648. The van der Waals surface area contributed by atoms with Crippen LogP contribution in [0.25, 0.3) is 0 Å². The summed E-state index contributed by atoms with van der Waals surface area (Å²) in [6, 6.07) is 5.29. The third-order valence-electron chi connectivity index (χ3n) is 5.22. The summed E-state index contributed by atoms with van der Waals surface area (Å²) in [5.41, 5.74) is 0.121. The minimum atomic E-state index is -0.664. The SMILES string of the molecule is CC(C)C[C@H]1N=C(c2ccccn2)OC1C(=O)NC1CCN(C(=O)OC(C)(C)C)CC1. The van der Waals surface area contributed by atoms with E-state index in [2.05, 4.69) is 29.1 Å². The number of nitrogens with one attached hydrogen (secondary N) is 1. The van der Waals surface area contributed by atoms with E-state index >= 15 is 0 Å². The Kier molecular flexibility index (Phi) is 7.18. The summed E-state index contributed by atoms with van der Waals surface area (Å²) >= 11 is 0. The number of ether oxygens (including phenoxy) is 2. The van der Waals surface area contributed by atoms with Crippen molar-refractivity contribution in [1.82, 2.24) is 15.2 Å². The van der Waals surface area contributed by atoms with Crippen LogP contribution >= 0.6 is 0 Å². The molecule has 0 bridgehead atoms. The van der Waals surface area contributed by atoms with Gasteiger partial charge in [-0.15, -0.1) is 0 Å². The fourth-order valence-corrected chi connectivity index (χ4v) is 3.77. The Labute approximate surface area is 184 Å². The number of pyridine rings is 1. The number of amides is 2. The minimum Gasteiger partial charge on any atom is -0.461 e. The van der Waals surface area contributed by atoms with E-state index in [0.29, 0.717) is 43.4 Å². The third kappa shape index (κ3) is 6.42. The van der Waals surface area contributed by atoms with Crippen LogP contribution in [0.15, 0.2) is 29.4 Å². The number of rotatable bonds is 5. The molecular weight excluding hydrogens is 396 g/mol. The van der Waals surface area contributed by atoms with Gasteiger partial charge in [-0.1, -0.05) is 19.9 Å². The van der Waals surface area contributed by atoms with Crippen molar-refractivity contribution in [3.63, 3.8) is 0 Å². The summed E-state index contributed by atoms with van der Waals surface area (Å²) in [5, 5.41) is 3.11. The molecule has 2 atom stereocenters. The molecule has 1 aromatic heterocycles. The average Bonchev–Trinajstić information content (AvgIpc) is 3.11. The van der Waals surface area contributed by atoms with Crippen LogP contribution < -0.4 is 5.32 Å². The van der Waals surface area contributed by atoms with Crippen LogP contribution in [0.5, 0.6) is 0 Å². The maximum absolute atomic E-state index is 13.1. The molecule has 1 fully saturated rings. The van der Waals surface area contributed by atoms with Gasteiger partial charge >= 0.3 is 6.09 Å². The van der Waals surface area contributed by atoms with Crippen molar-refractivity contribution in [2.24, 2.45) is 10.9 Å². The predicted octanol–water partition coefficient (Wildman–Crippen LogP) is 3.16. The van der Waals surface area contributed by atoms with Crippen LogP contribution in [0.4, 0.5) is 4.79 Å². The molecule has 170 valence electrons. The lowest BCUT2D eigenvalue weighted by Crippen LogP contribution is -2.51. The van der Waals surface area contributed by atoms with Crippen LogP contribution in [-0.2, 0) is 14.3 Å². The number of hydrogen-bond donors (Lipinski definition) is 1. The van der Waals surface area contributed by atoms with Crippen LogP contribution in [0, 0.1) is 5.92 Å². The Morgan fingerprint density at radius 3 is 2.55 bits per heavy atom. The van der Waals surface area contributed by atoms with E-state index in [1.165, 1.54) is 0 Å². The van der Waals surface area contributed by atoms with Gasteiger partial charge in [-0.2, -0.15) is 0 Å². The van der Waals surface area contributed by atoms with E-state index < -0.39 is 11.7 Å². The number of nitrogens with zero attached hydrogens (tertiary/aromatic N) is 3. The fourth-order valence-electron chi connectivity index (χ4n) is 3.77. The van der Waals surface area contributed by atoms with Gasteiger partial charge in [-0.25, -0.2) is 9.79 Å². The third-order valence-corrected chi connectivity index (χ3v) is 5.22. The van der Waals surface area contributed by atoms with Crippen LogP contribution in [0.1, 0.15) is 59.6 Å². The highest BCUT2D eigenvalue weighted by Gasteiger charge is 2.39. The van der Waals surface area contributed by atoms with Gasteiger partial charge in [0.05, 0.1) is 0 Å². The second-order valence-electron chi connectivity index (χ2n) is 9.63. The first-order valence-electron chi connectivity index (χ1n) is 11.1. The zero-order valence-electron chi connectivity index (χ0n) is 19.1. The first-order chi connectivity index (χ1) is 14.6. The van der Waals surface area contributed by atoms with Crippen molar-refractivity contribution in [3.8, 4) is 0 Å². The highest BCUT2D eigenvalue weighted by Crippen LogP contribution is 2.24. The highest BCUT2D eigenvalue weighted by atomic mass is 16.6. The zero-order valence-corrected chi connectivity index (χ0v) is 19.1. The summed E-state index contributed by atoms with van der Waals surface area (Å²) in [6.45, 7) is 10.9. The quantitative estimate of drug-likeness (QED) is 0.775. The minimum absolute atomic E-state index is 0.00612. The van der Waals surface area contributed by atoms with Gasteiger partial charge < -0.3 is 19.7 Å². The zero-order chi connectivity index (χ0) is 22.6. The largest absolute Gasteiger partial charge is 0.461 e. The molecule has 2 aliphatic heterocycles. The van der Waals surface area contributed by atoms with Crippen molar-refractivity contribution in [1.29, 1.82) is 0 Å². The number of likely N-dealkylation sites (tertiary alicyclic amines) is 1. The van der Waals surface area contributed by atoms with Gasteiger partial charge in [0.1, 0.15) is 17.3 Å². The molecule has 1 unspecified atom stereocenters. The van der Waals surface area contributed by atoms with Crippen molar-refractivity contribution < 1.29 is 19.1 Å². The molecule has 0 aromatic carbocycles. The van der Waals surface area contributed by atoms with Gasteiger partial charge in [0, 0.05) is 25.3 Å². The molecule has 0 radical (unpaired) electrons. The number of hydrogen-bond acceptors (Lipinski definition) is 6. The second-order valence-corrected chi connectivity index (χ2v) is 9.63. The molecule has 0 saturated carbocycles. The fraction of sp³-hybridized carbons (Fsp3) is 0.652. The number of carbonyl (C=O) groups is 2. The van der Waals surface area contributed by atoms with Crippen LogP contribution in [-0.4, -0.2) is 64.7 Å². The molecule has 1 aromatic rings. The standard InChI is InChI=1S/C23H34N4O4/c1-15(2)14-18-19(30-21(26-18)17-8-6-7-11-24-17)20(28)25-16-9-12-27(13-10-16)22(29)31-23(3,4)5/h6-8,11,15-16,18-19H,9-10,12-14H2,1-5H3,(H,25,28)/t18-,19?/m1/s1. The smallest absolute Gasteiger partial charge is 0.410 e. The molecule has 1 N–H and O–H groups in total. The molecule has 0 aliphatic carbocycles. The van der Waals surface area contributed by atoms with Crippen LogP contribution in [0.3, 0.4) is 0 Å². The Hall–Kier alpha value is -2.64. The number of aliphatic imine (C=N–C) groups is 1. The highest BCUT2D eigenvalue weighted by molar-refractivity contribution is 5.97. The normalized spacial score (nSPS) is 22.1. The van der Waals surface area contributed by atoms with E-state index in [1.54, 1.807) is 11.1 Å². The Balaban J connectivity index is 1.57.